The molecule has 1 aromatic heterocycles. The number of carboxylic acids is 1. The summed E-state index contributed by atoms with van der Waals surface area (Å²) in [6.45, 7) is 3.54. The Balaban J connectivity index is 1.88. The molecule has 3 rings (SSSR count). The largest absolute Gasteiger partial charge is 0.481 e. The van der Waals surface area contributed by atoms with E-state index in [0.29, 0.717) is 16.4 Å². The molecule has 0 radical (unpaired) electrons. The van der Waals surface area contributed by atoms with E-state index in [9.17, 15) is 14.7 Å². The molecule has 1 fully saturated rings. The van der Waals surface area contributed by atoms with Crippen LogP contribution in [0.25, 0.3) is 5.69 Å². The van der Waals surface area contributed by atoms with Crippen molar-refractivity contribution < 1.29 is 14.7 Å². The number of anilines is 1. The molecule has 1 aromatic carbocycles. The Bertz CT molecular complexity index is 773. The number of carboxylic acid groups (broad SMARTS) is 1. The zero-order valence-electron chi connectivity index (χ0n) is 12.5. The number of amides is 1. The van der Waals surface area contributed by atoms with Crippen LogP contribution in [0.4, 0.5) is 5.69 Å². The molecule has 0 spiro atoms. The van der Waals surface area contributed by atoms with Crippen LogP contribution >= 0.6 is 11.6 Å². The maximum atomic E-state index is 12.5. The molecular formula is C15H15ClN4O3. The van der Waals surface area contributed by atoms with Gasteiger partial charge in [0.15, 0.2) is 0 Å². The van der Waals surface area contributed by atoms with Gasteiger partial charge in [-0.05, 0) is 23.6 Å². The summed E-state index contributed by atoms with van der Waals surface area (Å²) >= 11 is 6.00. The van der Waals surface area contributed by atoms with Gasteiger partial charge in [0.25, 0.3) is 0 Å². The summed E-state index contributed by atoms with van der Waals surface area (Å²) in [6.07, 6.45) is 2.88. The summed E-state index contributed by atoms with van der Waals surface area (Å²) in [5.74, 6) is -2.57. The van der Waals surface area contributed by atoms with Gasteiger partial charge in [-0.25, -0.2) is 9.67 Å². The van der Waals surface area contributed by atoms with Crippen LogP contribution in [0.15, 0.2) is 30.9 Å². The second-order valence-corrected chi connectivity index (χ2v) is 6.54. The lowest BCUT2D eigenvalue weighted by Gasteiger charge is -2.12. The second kappa shape index (κ2) is 5.34. The van der Waals surface area contributed by atoms with Crippen LogP contribution in [0.2, 0.25) is 5.02 Å². The minimum absolute atomic E-state index is 0.342. The predicted molar refractivity (Wildman–Crippen MR) is 83.4 cm³/mol. The van der Waals surface area contributed by atoms with Crippen LogP contribution < -0.4 is 5.32 Å². The van der Waals surface area contributed by atoms with E-state index in [1.54, 1.807) is 32.0 Å². The van der Waals surface area contributed by atoms with E-state index in [2.05, 4.69) is 15.4 Å². The normalized spacial score (nSPS) is 21.7. The van der Waals surface area contributed by atoms with Gasteiger partial charge in [0.05, 0.1) is 23.2 Å². The van der Waals surface area contributed by atoms with Crippen molar-refractivity contribution in [3.63, 3.8) is 0 Å². The number of hydrogen-bond donors (Lipinski definition) is 2. The monoisotopic (exact) mass is 334 g/mol. The Morgan fingerprint density at radius 1 is 1.35 bits per heavy atom. The molecule has 1 heterocycles. The molecule has 7 nitrogen and oxygen atoms in total. The van der Waals surface area contributed by atoms with Gasteiger partial charge in [-0.15, -0.1) is 0 Å². The number of hydrogen-bond acceptors (Lipinski definition) is 4. The molecule has 1 aliphatic rings. The maximum Gasteiger partial charge on any atom is 0.307 e. The number of halogens is 1. The van der Waals surface area contributed by atoms with Crippen molar-refractivity contribution in [2.45, 2.75) is 13.8 Å². The zero-order chi connectivity index (χ0) is 16.8. The number of aliphatic carboxylic acids is 1. The number of aromatic nitrogens is 3. The van der Waals surface area contributed by atoms with Gasteiger partial charge in [-0.3, -0.25) is 9.59 Å². The first kappa shape index (κ1) is 15.5. The third-order valence-electron chi connectivity index (χ3n) is 4.26. The predicted octanol–water partition coefficient (Wildman–Crippen LogP) is 2.22. The van der Waals surface area contributed by atoms with Crippen molar-refractivity contribution in [3.8, 4) is 5.69 Å². The standard InChI is InChI=1S/C15H15ClN4O3/c1-15(2)11(12(15)14(22)23)13(21)19-9-5-8(16)3-4-10(9)20-7-17-6-18-20/h3-7,11-12H,1-2H3,(H,19,21)(H,22,23)/t11-,12-/m1/s1. The van der Waals surface area contributed by atoms with Crippen LogP contribution in [0, 0.1) is 17.3 Å². The first-order valence-corrected chi connectivity index (χ1v) is 7.38. The Hall–Kier alpha value is -2.41. The van der Waals surface area contributed by atoms with E-state index in [4.69, 9.17) is 11.6 Å². The molecule has 0 saturated heterocycles. The lowest BCUT2D eigenvalue weighted by Crippen LogP contribution is -2.19. The van der Waals surface area contributed by atoms with Gasteiger partial charge in [-0.1, -0.05) is 25.4 Å². The third-order valence-corrected chi connectivity index (χ3v) is 4.49. The molecule has 0 bridgehead atoms. The zero-order valence-corrected chi connectivity index (χ0v) is 13.3. The molecule has 1 saturated carbocycles. The highest BCUT2D eigenvalue weighted by molar-refractivity contribution is 6.31. The van der Waals surface area contributed by atoms with Crippen molar-refractivity contribution in [2.75, 3.05) is 5.32 Å². The topological polar surface area (TPSA) is 97.1 Å². The van der Waals surface area contributed by atoms with Crippen molar-refractivity contribution in [1.82, 2.24) is 14.8 Å². The second-order valence-electron chi connectivity index (χ2n) is 6.11. The van der Waals surface area contributed by atoms with E-state index in [1.807, 2.05) is 0 Å². The van der Waals surface area contributed by atoms with Crippen molar-refractivity contribution in [2.24, 2.45) is 17.3 Å². The average molecular weight is 335 g/mol. The Morgan fingerprint density at radius 3 is 2.65 bits per heavy atom. The molecule has 120 valence electrons. The Kier molecular flexibility index (Phi) is 3.60. The molecular weight excluding hydrogens is 320 g/mol. The highest BCUT2D eigenvalue weighted by Crippen LogP contribution is 2.58. The van der Waals surface area contributed by atoms with E-state index < -0.39 is 23.2 Å². The molecule has 1 aliphatic carbocycles. The summed E-state index contributed by atoms with van der Waals surface area (Å²) in [7, 11) is 0. The molecule has 2 atom stereocenters. The van der Waals surface area contributed by atoms with Crippen LogP contribution in [-0.2, 0) is 9.59 Å². The number of nitrogens with one attached hydrogen (secondary N) is 1. The fourth-order valence-electron chi connectivity index (χ4n) is 2.94. The summed E-state index contributed by atoms with van der Waals surface area (Å²) in [4.78, 5) is 27.6. The lowest BCUT2D eigenvalue weighted by molar-refractivity contribution is -0.140. The smallest absolute Gasteiger partial charge is 0.307 e. The number of rotatable bonds is 4. The van der Waals surface area contributed by atoms with Crippen LogP contribution in [0.5, 0.6) is 0 Å². The SMILES string of the molecule is CC1(C)[C@@H](C(=O)O)[C@@H]1C(=O)Nc1cc(Cl)ccc1-n1cncn1. The Morgan fingerprint density at radius 2 is 2.09 bits per heavy atom. The molecule has 1 amide bonds. The van der Waals surface area contributed by atoms with Gasteiger partial charge in [0, 0.05) is 5.02 Å². The average Bonchev–Trinajstić information content (AvgIpc) is 2.84. The number of carbonyl (C=O) groups is 2. The van der Waals surface area contributed by atoms with Crippen LogP contribution in [-0.4, -0.2) is 31.7 Å². The fraction of sp³-hybridized carbons (Fsp3) is 0.333. The minimum Gasteiger partial charge on any atom is -0.481 e. The third kappa shape index (κ3) is 2.68. The number of carbonyl (C=O) groups excluding carboxylic acids is 1. The first-order chi connectivity index (χ1) is 10.8. The van der Waals surface area contributed by atoms with Crippen molar-refractivity contribution >= 4 is 29.2 Å². The maximum absolute atomic E-state index is 12.5. The molecule has 0 unspecified atom stereocenters. The summed E-state index contributed by atoms with van der Waals surface area (Å²) in [6, 6.07) is 4.98. The minimum atomic E-state index is -0.960. The highest BCUT2D eigenvalue weighted by atomic mass is 35.5. The number of nitrogens with zero attached hydrogens (tertiary/aromatic N) is 3. The quantitative estimate of drug-likeness (QED) is 0.893. The lowest BCUT2D eigenvalue weighted by atomic mass is 10.1. The van der Waals surface area contributed by atoms with Crippen molar-refractivity contribution in [3.05, 3.63) is 35.9 Å². The molecule has 23 heavy (non-hydrogen) atoms. The summed E-state index contributed by atoms with van der Waals surface area (Å²) in [5.41, 5.74) is 0.493. The summed E-state index contributed by atoms with van der Waals surface area (Å²) in [5, 5.41) is 16.5. The first-order valence-electron chi connectivity index (χ1n) is 7.00. The van der Waals surface area contributed by atoms with Gasteiger partial charge in [0.2, 0.25) is 5.91 Å². The van der Waals surface area contributed by atoms with Gasteiger partial charge >= 0.3 is 5.97 Å². The van der Waals surface area contributed by atoms with Crippen LogP contribution in [0.3, 0.4) is 0 Å². The highest BCUT2D eigenvalue weighted by Gasteiger charge is 2.65. The van der Waals surface area contributed by atoms with E-state index in [0.717, 1.165) is 0 Å². The van der Waals surface area contributed by atoms with E-state index in [1.165, 1.54) is 17.3 Å². The van der Waals surface area contributed by atoms with E-state index >= 15 is 0 Å². The van der Waals surface area contributed by atoms with Gasteiger partial charge in [0.1, 0.15) is 12.7 Å². The fourth-order valence-corrected chi connectivity index (χ4v) is 3.11. The molecule has 2 N–H and O–H groups in total. The van der Waals surface area contributed by atoms with Gasteiger partial charge in [-0.2, -0.15) is 5.10 Å². The van der Waals surface area contributed by atoms with Crippen molar-refractivity contribution in [1.29, 1.82) is 0 Å². The van der Waals surface area contributed by atoms with E-state index in [-0.39, 0.29) is 5.91 Å². The Labute approximate surface area is 137 Å². The number of benzene rings is 1. The van der Waals surface area contributed by atoms with Crippen LogP contribution in [0.1, 0.15) is 13.8 Å². The summed E-state index contributed by atoms with van der Waals surface area (Å²) < 4.78 is 1.50. The molecule has 8 heteroatoms. The molecule has 2 aromatic rings. The van der Waals surface area contributed by atoms with Gasteiger partial charge < -0.3 is 10.4 Å². The molecule has 0 aliphatic heterocycles.